The van der Waals surface area contributed by atoms with E-state index in [0.717, 1.165) is 11.3 Å². The van der Waals surface area contributed by atoms with Gasteiger partial charge < -0.3 is 11.1 Å². The molecule has 0 fully saturated rings. The maximum Gasteiger partial charge on any atom is 0.227 e. The molecule has 1 amide bonds. The van der Waals surface area contributed by atoms with Crippen LogP contribution in [0.4, 0.5) is 5.69 Å². The minimum atomic E-state index is 0. The summed E-state index contributed by atoms with van der Waals surface area (Å²) >= 11 is 0. The predicted molar refractivity (Wildman–Crippen MR) is 78.9 cm³/mol. The number of carbonyl (C=O) groups is 1. The molecule has 0 spiro atoms. The van der Waals surface area contributed by atoms with Crippen LogP contribution in [0.15, 0.2) is 24.3 Å². The molecule has 2 atom stereocenters. The summed E-state index contributed by atoms with van der Waals surface area (Å²) in [6, 6.07) is 7.70. The second-order valence-electron chi connectivity index (χ2n) is 4.93. The molecule has 2 unspecified atom stereocenters. The van der Waals surface area contributed by atoms with Gasteiger partial charge in [0, 0.05) is 17.6 Å². The first-order chi connectivity index (χ1) is 7.91. The van der Waals surface area contributed by atoms with Gasteiger partial charge in [0.05, 0.1) is 0 Å². The predicted octanol–water partition coefficient (Wildman–Crippen LogP) is 3.36. The van der Waals surface area contributed by atoms with E-state index in [2.05, 4.69) is 5.32 Å². The van der Waals surface area contributed by atoms with Gasteiger partial charge in [0.2, 0.25) is 5.91 Å². The first kappa shape index (κ1) is 16.9. The lowest BCUT2D eigenvalue weighted by Crippen LogP contribution is -2.24. The van der Waals surface area contributed by atoms with Crippen LogP contribution in [0.2, 0.25) is 0 Å². The van der Waals surface area contributed by atoms with Crippen LogP contribution in [-0.4, -0.2) is 5.91 Å². The average molecular weight is 271 g/mol. The normalized spacial score (nSPS) is 13.7. The second-order valence-corrected chi connectivity index (χ2v) is 4.93. The molecule has 0 aliphatic rings. The van der Waals surface area contributed by atoms with Crippen molar-refractivity contribution >= 4 is 24.0 Å². The molecule has 102 valence electrons. The molecule has 3 nitrogen and oxygen atoms in total. The molecule has 0 aliphatic carbocycles. The Labute approximate surface area is 116 Å². The maximum atomic E-state index is 11.8. The number of halogens is 1. The average Bonchev–Trinajstić information content (AvgIpc) is 2.28. The number of benzene rings is 1. The third kappa shape index (κ3) is 4.67. The fraction of sp³-hybridized carbons (Fsp3) is 0.500. The van der Waals surface area contributed by atoms with Gasteiger partial charge in [-0.2, -0.15) is 0 Å². The van der Waals surface area contributed by atoms with Gasteiger partial charge in [-0.3, -0.25) is 4.79 Å². The zero-order valence-corrected chi connectivity index (χ0v) is 12.3. The number of carbonyl (C=O) groups excluding carboxylic acids is 1. The van der Waals surface area contributed by atoms with Crippen molar-refractivity contribution < 1.29 is 4.79 Å². The Morgan fingerprint density at radius 3 is 2.00 bits per heavy atom. The molecule has 1 aromatic rings. The van der Waals surface area contributed by atoms with Crippen molar-refractivity contribution in [3.8, 4) is 0 Å². The highest BCUT2D eigenvalue weighted by Gasteiger charge is 2.16. The molecular weight excluding hydrogens is 248 g/mol. The third-order valence-electron chi connectivity index (χ3n) is 3.12. The Morgan fingerprint density at radius 2 is 1.61 bits per heavy atom. The molecule has 1 aromatic carbocycles. The van der Waals surface area contributed by atoms with Gasteiger partial charge in [-0.25, -0.2) is 0 Å². The van der Waals surface area contributed by atoms with Crippen LogP contribution >= 0.6 is 12.4 Å². The van der Waals surface area contributed by atoms with Gasteiger partial charge in [0.15, 0.2) is 0 Å². The van der Waals surface area contributed by atoms with E-state index in [0.29, 0.717) is 5.92 Å². The van der Waals surface area contributed by atoms with E-state index >= 15 is 0 Å². The Kier molecular flexibility index (Phi) is 6.96. The van der Waals surface area contributed by atoms with Crippen molar-refractivity contribution in [1.82, 2.24) is 0 Å². The monoisotopic (exact) mass is 270 g/mol. The molecule has 0 aromatic heterocycles. The van der Waals surface area contributed by atoms with E-state index in [-0.39, 0.29) is 30.3 Å². The molecule has 3 N–H and O–H groups in total. The maximum absolute atomic E-state index is 11.8. The van der Waals surface area contributed by atoms with E-state index in [9.17, 15) is 4.79 Å². The minimum absolute atomic E-state index is 0. The minimum Gasteiger partial charge on any atom is -0.326 e. The summed E-state index contributed by atoms with van der Waals surface area (Å²) < 4.78 is 0. The van der Waals surface area contributed by atoms with Crippen LogP contribution in [0.1, 0.15) is 39.3 Å². The molecule has 18 heavy (non-hydrogen) atoms. The largest absolute Gasteiger partial charge is 0.326 e. The van der Waals surface area contributed by atoms with Crippen molar-refractivity contribution in [3.05, 3.63) is 29.8 Å². The lowest BCUT2D eigenvalue weighted by atomic mass is 9.97. The van der Waals surface area contributed by atoms with Crippen LogP contribution in [0.5, 0.6) is 0 Å². The van der Waals surface area contributed by atoms with Crippen LogP contribution in [0, 0.1) is 11.8 Å². The molecule has 0 radical (unpaired) electrons. The Bertz CT molecular complexity index is 374. The van der Waals surface area contributed by atoms with Gasteiger partial charge in [0.25, 0.3) is 0 Å². The Balaban J connectivity index is 0.00000289. The molecule has 0 saturated carbocycles. The first-order valence-electron chi connectivity index (χ1n) is 6.08. The van der Waals surface area contributed by atoms with Crippen molar-refractivity contribution in [3.63, 3.8) is 0 Å². The van der Waals surface area contributed by atoms with Crippen molar-refractivity contribution in [2.45, 2.75) is 33.7 Å². The summed E-state index contributed by atoms with van der Waals surface area (Å²) in [5.41, 5.74) is 7.66. The van der Waals surface area contributed by atoms with E-state index in [1.54, 1.807) is 0 Å². The fourth-order valence-corrected chi connectivity index (χ4v) is 1.43. The summed E-state index contributed by atoms with van der Waals surface area (Å²) in [7, 11) is 0. The molecule has 0 heterocycles. The number of nitrogens with one attached hydrogen (secondary N) is 1. The van der Waals surface area contributed by atoms with Gasteiger partial charge in [-0.15, -0.1) is 12.4 Å². The van der Waals surface area contributed by atoms with Crippen molar-refractivity contribution in [2.24, 2.45) is 17.6 Å². The number of anilines is 1. The summed E-state index contributed by atoms with van der Waals surface area (Å²) in [6.07, 6.45) is 0. The van der Waals surface area contributed by atoms with E-state index < -0.39 is 0 Å². The zero-order valence-electron chi connectivity index (χ0n) is 11.4. The Hall–Kier alpha value is -1.06. The SMILES string of the molecule is CC(N)c1ccc(NC(=O)C(C)C(C)C)cc1.Cl. The third-order valence-corrected chi connectivity index (χ3v) is 3.12. The standard InChI is InChI=1S/C14H22N2O.ClH/c1-9(2)10(3)14(17)16-13-7-5-12(6-8-13)11(4)15;/h5-11H,15H2,1-4H3,(H,16,17);1H. The van der Waals surface area contributed by atoms with Crippen molar-refractivity contribution in [2.75, 3.05) is 5.32 Å². The number of rotatable bonds is 4. The second kappa shape index (κ2) is 7.39. The van der Waals surface area contributed by atoms with Crippen LogP contribution in [0.3, 0.4) is 0 Å². The lowest BCUT2D eigenvalue weighted by molar-refractivity contribution is -0.120. The van der Waals surface area contributed by atoms with Crippen LogP contribution in [0.25, 0.3) is 0 Å². The molecule has 0 saturated heterocycles. The molecule has 4 heteroatoms. The summed E-state index contributed by atoms with van der Waals surface area (Å²) in [5.74, 6) is 0.426. The highest BCUT2D eigenvalue weighted by molar-refractivity contribution is 5.92. The van der Waals surface area contributed by atoms with Gasteiger partial charge in [-0.05, 0) is 30.5 Å². The zero-order chi connectivity index (χ0) is 13.0. The lowest BCUT2D eigenvalue weighted by Gasteiger charge is -2.15. The highest BCUT2D eigenvalue weighted by atomic mass is 35.5. The summed E-state index contributed by atoms with van der Waals surface area (Å²) in [4.78, 5) is 11.8. The van der Waals surface area contributed by atoms with Crippen molar-refractivity contribution in [1.29, 1.82) is 0 Å². The fourth-order valence-electron chi connectivity index (χ4n) is 1.43. The molecule has 0 bridgehead atoms. The topological polar surface area (TPSA) is 55.1 Å². The molecular formula is C14H23ClN2O. The summed E-state index contributed by atoms with van der Waals surface area (Å²) in [5, 5.41) is 2.91. The highest BCUT2D eigenvalue weighted by Crippen LogP contribution is 2.17. The number of hydrogen-bond donors (Lipinski definition) is 2. The smallest absolute Gasteiger partial charge is 0.227 e. The molecule has 1 rings (SSSR count). The van der Waals surface area contributed by atoms with E-state index in [4.69, 9.17) is 5.73 Å². The molecule has 0 aliphatic heterocycles. The summed E-state index contributed by atoms with van der Waals surface area (Å²) in [6.45, 7) is 7.97. The quantitative estimate of drug-likeness (QED) is 0.881. The van der Waals surface area contributed by atoms with Crippen LogP contribution in [-0.2, 0) is 4.79 Å². The Morgan fingerprint density at radius 1 is 1.11 bits per heavy atom. The van der Waals surface area contributed by atoms with Gasteiger partial charge >= 0.3 is 0 Å². The van der Waals surface area contributed by atoms with E-state index in [1.807, 2.05) is 52.0 Å². The number of hydrogen-bond acceptors (Lipinski definition) is 2. The van der Waals surface area contributed by atoms with Crippen LogP contribution < -0.4 is 11.1 Å². The van der Waals surface area contributed by atoms with Gasteiger partial charge in [0.1, 0.15) is 0 Å². The first-order valence-corrected chi connectivity index (χ1v) is 6.08. The van der Waals surface area contributed by atoms with Gasteiger partial charge in [-0.1, -0.05) is 32.9 Å². The number of nitrogens with two attached hydrogens (primary N) is 1. The number of amides is 1. The van der Waals surface area contributed by atoms with E-state index in [1.165, 1.54) is 0 Å².